The van der Waals surface area contributed by atoms with E-state index in [1.54, 1.807) is 0 Å². The summed E-state index contributed by atoms with van der Waals surface area (Å²) in [7, 11) is -2.57. The average molecular weight is 422 g/mol. The summed E-state index contributed by atoms with van der Waals surface area (Å²) < 4.78 is 42.7. The van der Waals surface area contributed by atoms with E-state index in [4.69, 9.17) is 14.2 Å². The zero-order valence-electron chi connectivity index (χ0n) is 15.4. The molecule has 1 aliphatic rings. The van der Waals surface area contributed by atoms with Crippen LogP contribution in [0.3, 0.4) is 0 Å². The number of hydrogen-bond donors (Lipinski definition) is 0. The van der Waals surface area contributed by atoms with Gasteiger partial charge in [0.2, 0.25) is 10.0 Å². The highest BCUT2D eigenvalue weighted by molar-refractivity contribution is 7.89. The second-order valence-electron chi connectivity index (χ2n) is 6.02. The number of carbonyl (C=O) groups excluding carboxylic acids is 1. The van der Waals surface area contributed by atoms with E-state index in [-0.39, 0.29) is 53.9 Å². The van der Waals surface area contributed by atoms with E-state index in [1.807, 2.05) is 0 Å². The molecule has 0 N–H and O–H groups in total. The van der Waals surface area contributed by atoms with E-state index in [2.05, 4.69) is 0 Å². The summed E-state index contributed by atoms with van der Waals surface area (Å²) in [5, 5.41) is 10.7. The minimum absolute atomic E-state index is 0.00372. The number of esters is 1. The summed E-state index contributed by atoms with van der Waals surface area (Å²) in [5.74, 6) is -0.614. The van der Waals surface area contributed by atoms with Crippen LogP contribution in [0.5, 0.6) is 11.5 Å². The van der Waals surface area contributed by atoms with Crippen molar-refractivity contribution in [3.63, 3.8) is 0 Å². The third-order valence-electron chi connectivity index (χ3n) is 4.25. The Kier molecular flexibility index (Phi) is 6.11. The fraction of sp³-hybridized carbons (Fsp3) is 0.278. The van der Waals surface area contributed by atoms with Crippen molar-refractivity contribution < 1.29 is 32.3 Å². The molecule has 0 atom stereocenters. The minimum atomic E-state index is -3.90. The van der Waals surface area contributed by atoms with Gasteiger partial charge in [-0.3, -0.25) is 10.1 Å². The molecule has 0 aromatic heterocycles. The van der Waals surface area contributed by atoms with Gasteiger partial charge in [0.25, 0.3) is 5.69 Å². The Morgan fingerprint density at radius 1 is 1.14 bits per heavy atom. The SMILES string of the molecule is COc1ccc(C(=O)Oc2ccc([N+](=O)[O-])cc2)cc1S(=O)(=O)N1CCOCC1. The third kappa shape index (κ3) is 4.53. The standard InChI is InChI=1S/C18H18N2O8S/c1-26-16-7-2-13(12-17(16)29(24,25)19-8-10-27-11-9-19)18(21)28-15-5-3-14(4-6-15)20(22)23/h2-7,12H,8-11H2,1H3. The maximum Gasteiger partial charge on any atom is 0.343 e. The van der Waals surface area contributed by atoms with Crippen LogP contribution < -0.4 is 9.47 Å². The van der Waals surface area contributed by atoms with E-state index < -0.39 is 20.9 Å². The van der Waals surface area contributed by atoms with E-state index in [1.165, 1.54) is 53.9 Å². The van der Waals surface area contributed by atoms with Crippen LogP contribution in [-0.4, -0.2) is 57.0 Å². The Morgan fingerprint density at radius 2 is 1.79 bits per heavy atom. The fourth-order valence-electron chi connectivity index (χ4n) is 2.73. The van der Waals surface area contributed by atoms with Crippen molar-refractivity contribution in [3.8, 4) is 11.5 Å². The van der Waals surface area contributed by atoms with Gasteiger partial charge >= 0.3 is 5.97 Å². The maximum absolute atomic E-state index is 13.0. The minimum Gasteiger partial charge on any atom is -0.495 e. The highest BCUT2D eigenvalue weighted by Gasteiger charge is 2.30. The van der Waals surface area contributed by atoms with Gasteiger partial charge < -0.3 is 14.2 Å². The Labute approximate surface area is 166 Å². The number of nitrogens with zero attached hydrogens (tertiary/aromatic N) is 2. The molecule has 0 aliphatic carbocycles. The van der Waals surface area contributed by atoms with Crippen molar-refractivity contribution in [3.05, 3.63) is 58.1 Å². The molecule has 3 rings (SSSR count). The van der Waals surface area contributed by atoms with Crippen LogP contribution in [0.4, 0.5) is 5.69 Å². The van der Waals surface area contributed by atoms with Gasteiger partial charge in [-0.2, -0.15) is 4.31 Å². The predicted octanol–water partition coefficient (Wildman–Crippen LogP) is 1.84. The van der Waals surface area contributed by atoms with E-state index >= 15 is 0 Å². The Bertz CT molecular complexity index is 1010. The predicted molar refractivity (Wildman–Crippen MR) is 101 cm³/mol. The maximum atomic E-state index is 13.0. The molecule has 0 spiro atoms. The summed E-state index contributed by atoms with van der Waals surface area (Å²) in [4.78, 5) is 22.4. The molecule has 1 aliphatic heterocycles. The summed E-state index contributed by atoms with van der Waals surface area (Å²) in [6.07, 6.45) is 0. The molecule has 0 amide bonds. The Balaban J connectivity index is 1.87. The second kappa shape index (κ2) is 8.55. The number of morpholine rings is 1. The van der Waals surface area contributed by atoms with Gasteiger partial charge in [0.05, 0.1) is 30.8 Å². The zero-order chi connectivity index (χ0) is 21.0. The van der Waals surface area contributed by atoms with Crippen molar-refractivity contribution in [1.29, 1.82) is 0 Å². The largest absolute Gasteiger partial charge is 0.495 e. The van der Waals surface area contributed by atoms with Crippen LogP contribution in [0.25, 0.3) is 0 Å². The first kappa shape index (κ1) is 20.7. The summed E-state index contributed by atoms with van der Waals surface area (Å²) in [6, 6.07) is 8.91. The van der Waals surface area contributed by atoms with Crippen molar-refractivity contribution >= 4 is 21.7 Å². The summed E-state index contributed by atoms with van der Waals surface area (Å²) in [5.41, 5.74) is -0.149. The van der Waals surface area contributed by atoms with Crippen molar-refractivity contribution in [1.82, 2.24) is 4.31 Å². The highest BCUT2D eigenvalue weighted by Crippen LogP contribution is 2.29. The van der Waals surface area contributed by atoms with Crippen LogP contribution in [0.1, 0.15) is 10.4 Å². The summed E-state index contributed by atoms with van der Waals surface area (Å²) >= 11 is 0. The number of carbonyl (C=O) groups is 1. The first-order valence-corrected chi connectivity index (χ1v) is 9.99. The fourth-order valence-corrected chi connectivity index (χ4v) is 4.32. The first-order valence-electron chi connectivity index (χ1n) is 8.55. The molecule has 29 heavy (non-hydrogen) atoms. The molecule has 2 aromatic carbocycles. The van der Waals surface area contributed by atoms with Gasteiger partial charge in [0, 0.05) is 25.2 Å². The molecule has 1 saturated heterocycles. The zero-order valence-corrected chi connectivity index (χ0v) is 16.3. The van der Waals surface area contributed by atoms with Gasteiger partial charge in [-0.1, -0.05) is 0 Å². The van der Waals surface area contributed by atoms with Crippen LogP contribution in [0, 0.1) is 10.1 Å². The molecule has 0 radical (unpaired) electrons. The molecule has 0 bridgehead atoms. The number of sulfonamides is 1. The van der Waals surface area contributed by atoms with E-state index in [9.17, 15) is 23.3 Å². The molecule has 0 unspecified atom stereocenters. The van der Waals surface area contributed by atoms with Gasteiger partial charge in [0.15, 0.2) is 0 Å². The van der Waals surface area contributed by atoms with Crippen LogP contribution in [0.15, 0.2) is 47.4 Å². The molecule has 2 aromatic rings. The number of benzene rings is 2. The number of ether oxygens (including phenoxy) is 3. The lowest BCUT2D eigenvalue weighted by molar-refractivity contribution is -0.384. The number of nitro benzene ring substituents is 1. The van der Waals surface area contributed by atoms with Crippen molar-refractivity contribution in [2.75, 3.05) is 33.4 Å². The van der Waals surface area contributed by atoms with Gasteiger partial charge in [-0.05, 0) is 30.3 Å². The van der Waals surface area contributed by atoms with Gasteiger partial charge in [-0.25, -0.2) is 13.2 Å². The number of methoxy groups -OCH3 is 1. The van der Waals surface area contributed by atoms with Gasteiger partial charge in [-0.15, -0.1) is 0 Å². The van der Waals surface area contributed by atoms with Crippen molar-refractivity contribution in [2.45, 2.75) is 4.90 Å². The lowest BCUT2D eigenvalue weighted by Gasteiger charge is -2.26. The first-order chi connectivity index (χ1) is 13.8. The van der Waals surface area contributed by atoms with Crippen LogP contribution in [0.2, 0.25) is 0 Å². The van der Waals surface area contributed by atoms with Crippen LogP contribution >= 0.6 is 0 Å². The average Bonchev–Trinajstić information content (AvgIpc) is 2.74. The second-order valence-corrected chi connectivity index (χ2v) is 7.93. The Hall–Kier alpha value is -3.02. The molecular formula is C18H18N2O8S. The molecule has 10 nitrogen and oxygen atoms in total. The molecule has 154 valence electrons. The molecule has 11 heteroatoms. The number of hydrogen-bond acceptors (Lipinski definition) is 8. The highest BCUT2D eigenvalue weighted by atomic mass is 32.2. The molecule has 1 heterocycles. The lowest BCUT2D eigenvalue weighted by atomic mass is 10.2. The number of nitro groups is 1. The molecular weight excluding hydrogens is 404 g/mol. The van der Waals surface area contributed by atoms with Gasteiger partial charge in [0.1, 0.15) is 16.4 Å². The van der Waals surface area contributed by atoms with E-state index in [0.29, 0.717) is 0 Å². The quantitative estimate of drug-likeness (QED) is 0.299. The monoisotopic (exact) mass is 422 g/mol. The van der Waals surface area contributed by atoms with Crippen molar-refractivity contribution in [2.24, 2.45) is 0 Å². The number of non-ortho nitro benzene ring substituents is 1. The van der Waals surface area contributed by atoms with Crippen LogP contribution in [-0.2, 0) is 14.8 Å². The normalized spacial score (nSPS) is 14.9. The molecule has 1 fully saturated rings. The summed E-state index contributed by atoms with van der Waals surface area (Å²) in [6.45, 7) is 0.957. The third-order valence-corrected chi connectivity index (χ3v) is 6.17. The number of rotatable bonds is 6. The lowest BCUT2D eigenvalue weighted by Crippen LogP contribution is -2.40. The smallest absolute Gasteiger partial charge is 0.343 e. The van der Waals surface area contributed by atoms with E-state index in [0.717, 1.165) is 0 Å². The topological polar surface area (TPSA) is 125 Å². The Morgan fingerprint density at radius 3 is 2.38 bits per heavy atom. The molecule has 0 saturated carbocycles.